The Hall–Kier alpha value is -2.75. The molecule has 0 amide bonds. The van der Waals surface area contributed by atoms with Crippen molar-refractivity contribution in [3.05, 3.63) is 71.3 Å². The highest BCUT2D eigenvalue weighted by Crippen LogP contribution is 2.10. The molecule has 0 unspecified atom stereocenters. The van der Waals surface area contributed by atoms with Crippen molar-refractivity contribution in [2.24, 2.45) is 0 Å². The Kier molecular flexibility index (Phi) is 4.05. The second kappa shape index (κ2) is 5.93. The zero-order valence-corrected chi connectivity index (χ0v) is 10.8. The van der Waals surface area contributed by atoms with Gasteiger partial charge in [0.15, 0.2) is 0 Å². The molecule has 2 rings (SSSR count). The topological polar surface area (TPSA) is 60.4 Å². The number of hydrogen-bond donors (Lipinski definition) is 0. The molecule has 0 aliphatic rings. The summed E-state index contributed by atoms with van der Waals surface area (Å²) in [6.45, 7) is 0. The Bertz CT molecular complexity index is 642. The van der Waals surface area contributed by atoms with Crippen molar-refractivity contribution in [2.45, 2.75) is 0 Å². The van der Waals surface area contributed by atoms with E-state index in [1.807, 2.05) is 0 Å². The lowest BCUT2D eigenvalue weighted by molar-refractivity contribution is 0.0600. The van der Waals surface area contributed by atoms with Crippen LogP contribution in [0.1, 0.15) is 31.1 Å². The summed E-state index contributed by atoms with van der Waals surface area (Å²) >= 11 is 0. The van der Waals surface area contributed by atoms with Crippen LogP contribution in [-0.4, -0.2) is 24.6 Å². The summed E-state index contributed by atoms with van der Waals surface area (Å²) < 4.78 is 4.56. The van der Waals surface area contributed by atoms with Gasteiger partial charge in [-0.3, -0.25) is 9.59 Å². The first-order valence-corrected chi connectivity index (χ1v) is 5.96. The Labute approximate surface area is 116 Å². The summed E-state index contributed by atoms with van der Waals surface area (Å²) in [4.78, 5) is 35.3. The SMILES string of the molecule is COC(=O)c1ccc(C(=O)C(=O)c2ccccc2)cc1. The van der Waals surface area contributed by atoms with Crippen LogP contribution in [0.15, 0.2) is 54.6 Å². The third-order valence-corrected chi connectivity index (χ3v) is 2.81. The average molecular weight is 268 g/mol. The minimum atomic E-state index is -0.604. The van der Waals surface area contributed by atoms with Gasteiger partial charge in [0.1, 0.15) is 0 Å². The number of methoxy groups -OCH3 is 1. The van der Waals surface area contributed by atoms with E-state index in [0.717, 1.165) is 0 Å². The van der Waals surface area contributed by atoms with Crippen molar-refractivity contribution in [3.63, 3.8) is 0 Å². The van der Waals surface area contributed by atoms with Crippen LogP contribution in [0.3, 0.4) is 0 Å². The minimum Gasteiger partial charge on any atom is -0.465 e. The number of carbonyl (C=O) groups excluding carboxylic acids is 3. The Morgan fingerprint density at radius 2 is 1.15 bits per heavy atom. The predicted octanol–water partition coefficient (Wildman–Crippen LogP) is 2.54. The number of hydrogen-bond acceptors (Lipinski definition) is 4. The number of carbonyl (C=O) groups is 3. The van der Waals surface area contributed by atoms with Crippen LogP contribution in [0.4, 0.5) is 0 Å². The molecule has 0 atom stereocenters. The fourth-order valence-corrected chi connectivity index (χ4v) is 1.73. The summed E-state index contributed by atoms with van der Waals surface area (Å²) in [5.74, 6) is -1.66. The van der Waals surface area contributed by atoms with Crippen LogP contribution in [-0.2, 0) is 4.74 Å². The van der Waals surface area contributed by atoms with Gasteiger partial charge in [0.2, 0.25) is 11.6 Å². The van der Waals surface area contributed by atoms with Crippen LogP contribution in [0.5, 0.6) is 0 Å². The molecule has 0 radical (unpaired) electrons. The number of rotatable bonds is 4. The first kappa shape index (κ1) is 13.7. The van der Waals surface area contributed by atoms with E-state index in [0.29, 0.717) is 11.1 Å². The lowest BCUT2D eigenvalue weighted by atomic mass is 10.0. The normalized spacial score (nSPS) is 9.85. The standard InChI is InChI=1S/C16H12O4/c1-20-16(19)13-9-7-12(8-10-13)15(18)14(17)11-5-3-2-4-6-11/h2-10H,1H3. The molecule has 0 bridgehead atoms. The molecular weight excluding hydrogens is 256 g/mol. The smallest absolute Gasteiger partial charge is 0.337 e. The fourth-order valence-electron chi connectivity index (χ4n) is 1.73. The average Bonchev–Trinajstić information content (AvgIpc) is 2.53. The maximum absolute atomic E-state index is 12.0. The van der Waals surface area contributed by atoms with E-state index in [4.69, 9.17) is 0 Å². The van der Waals surface area contributed by atoms with Gasteiger partial charge in [-0.15, -0.1) is 0 Å². The summed E-state index contributed by atoms with van der Waals surface area (Å²) in [5, 5.41) is 0. The summed E-state index contributed by atoms with van der Waals surface area (Å²) in [6.07, 6.45) is 0. The highest BCUT2D eigenvalue weighted by Gasteiger charge is 2.18. The molecule has 0 N–H and O–H groups in total. The maximum Gasteiger partial charge on any atom is 0.337 e. The van der Waals surface area contributed by atoms with Gasteiger partial charge in [-0.2, -0.15) is 0 Å². The Morgan fingerprint density at radius 1 is 0.700 bits per heavy atom. The van der Waals surface area contributed by atoms with E-state index >= 15 is 0 Å². The van der Waals surface area contributed by atoms with Gasteiger partial charge in [-0.05, 0) is 12.1 Å². The van der Waals surface area contributed by atoms with Gasteiger partial charge < -0.3 is 4.74 Å². The largest absolute Gasteiger partial charge is 0.465 e. The monoisotopic (exact) mass is 268 g/mol. The molecule has 0 aliphatic heterocycles. The third kappa shape index (κ3) is 2.80. The van der Waals surface area contributed by atoms with Crippen LogP contribution >= 0.6 is 0 Å². The number of esters is 1. The molecule has 100 valence electrons. The second-order valence-electron chi connectivity index (χ2n) is 4.09. The molecular formula is C16H12O4. The van der Waals surface area contributed by atoms with Gasteiger partial charge >= 0.3 is 5.97 Å². The van der Waals surface area contributed by atoms with Crippen molar-refractivity contribution in [3.8, 4) is 0 Å². The van der Waals surface area contributed by atoms with E-state index in [1.54, 1.807) is 30.3 Å². The van der Waals surface area contributed by atoms with Gasteiger partial charge in [0.25, 0.3) is 0 Å². The van der Waals surface area contributed by atoms with Crippen molar-refractivity contribution < 1.29 is 19.1 Å². The molecule has 0 saturated heterocycles. The predicted molar refractivity (Wildman–Crippen MR) is 72.9 cm³/mol. The van der Waals surface area contributed by atoms with Crippen LogP contribution in [0.2, 0.25) is 0 Å². The summed E-state index contributed by atoms with van der Waals surface area (Å²) in [7, 11) is 1.28. The molecule has 0 aliphatic carbocycles. The Balaban J connectivity index is 2.22. The second-order valence-corrected chi connectivity index (χ2v) is 4.09. The van der Waals surface area contributed by atoms with Crippen LogP contribution in [0, 0.1) is 0 Å². The Morgan fingerprint density at radius 3 is 1.65 bits per heavy atom. The maximum atomic E-state index is 12.0. The van der Waals surface area contributed by atoms with Crippen molar-refractivity contribution in [2.75, 3.05) is 7.11 Å². The van der Waals surface area contributed by atoms with E-state index in [9.17, 15) is 14.4 Å². The zero-order valence-electron chi connectivity index (χ0n) is 10.8. The highest BCUT2D eigenvalue weighted by atomic mass is 16.5. The van der Waals surface area contributed by atoms with Crippen LogP contribution < -0.4 is 0 Å². The molecule has 4 nitrogen and oxygen atoms in total. The van der Waals surface area contributed by atoms with Gasteiger partial charge in [0, 0.05) is 11.1 Å². The first-order valence-electron chi connectivity index (χ1n) is 5.96. The summed E-state index contributed by atoms with van der Waals surface area (Å²) in [5.41, 5.74) is 0.914. The number of benzene rings is 2. The van der Waals surface area contributed by atoms with Gasteiger partial charge in [-0.1, -0.05) is 42.5 Å². The van der Waals surface area contributed by atoms with E-state index < -0.39 is 17.5 Å². The molecule has 0 fully saturated rings. The lowest BCUT2D eigenvalue weighted by Gasteiger charge is -2.02. The van der Waals surface area contributed by atoms with Crippen molar-refractivity contribution >= 4 is 17.5 Å². The quantitative estimate of drug-likeness (QED) is 0.485. The zero-order chi connectivity index (χ0) is 14.5. The first-order chi connectivity index (χ1) is 9.63. The molecule has 2 aromatic carbocycles. The molecule has 0 spiro atoms. The highest BCUT2D eigenvalue weighted by molar-refractivity contribution is 6.49. The van der Waals surface area contributed by atoms with Crippen molar-refractivity contribution in [1.82, 2.24) is 0 Å². The molecule has 0 aromatic heterocycles. The molecule has 20 heavy (non-hydrogen) atoms. The van der Waals surface area contributed by atoms with E-state index in [-0.39, 0.29) is 5.56 Å². The number of Topliss-reactive ketones (excluding diaryl/α,β-unsaturated/α-hetero) is 2. The van der Waals surface area contributed by atoms with Crippen molar-refractivity contribution in [1.29, 1.82) is 0 Å². The van der Waals surface area contributed by atoms with Gasteiger partial charge in [0.05, 0.1) is 12.7 Å². The fraction of sp³-hybridized carbons (Fsp3) is 0.0625. The van der Waals surface area contributed by atoms with Crippen LogP contribution in [0.25, 0.3) is 0 Å². The minimum absolute atomic E-state index is 0.242. The van der Waals surface area contributed by atoms with Gasteiger partial charge in [-0.25, -0.2) is 4.79 Å². The third-order valence-electron chi connectivity index (χ3n) is 2.81. The molecule has 4 heteroatoms. The molecule has 0 heterocycles. The summed E-state index contributed by atoms with van der Waals surface area (Å²) in [6, 6.07) is 14.1. The molecule has 2 aromatic rings. The number of ketones is 2. The number of ether oxygens (including phenoxy) is 1. The van der Waals surface area contributed by atoms with E-state index in [1.165, 1.54) is 31.4 Å². The molecule has 0 saturated carbocycles. The lowest BCUT2D eigenvalue weighted by Crippen LogP contribution is -2.14. The van der Waals surface area contributed by atoms with E-state index in [2.05, 4.69) is 4.74 Å².